The number of fused-ring (bicyclic) bond motifs is 1. The lowest BCUT2D eigenvalue weighted by Crippen LogP contribution is -1.96. The summed E-state index contributed by atoms with van der Waals surface area (Å²) in [4.78, 5) is 0. The van der Waals surface area contributed by atoms with Gasteiger partial charge in [0.15, 0.2) is 0 Å². The van der Waals surface area contributed by atoms with Crippen molar-refractivity contribution in [3.8, 4) is 0 Å². The summed E-state index contributed by atoms with van der Waals surface area (Å²) in [5, 5.41) is 12.7. The highest BCUT2D eigenvalue weighted by Gasteiger charge is 2.04. The summed E-state index contributed by atoms with van der Waals surface area (Å²) < 4.78 is 10.4. The molecular formula is C11H7O2S. The quantitative estimate of drug-likeness (QED) is 0.653. The minimum Gasteiger partial charge on any atom is -0.209 e. The van der Waals surface area contributed by atoms with Gasteiger partial charge in [-0.05, 0) is 10.8 Å². The van der Waals surface area contributed by atoms with Crippen LogP contribution in [0.25, 0.3) is 10.8 Å². The van der Waals surface area contributed by atoms with Crippen LogP contribution in [0.1, 0.15) is 5.56 Å². The minimum atomic E-state index is -0.429. The molecule has 0 aromatic heterocycles. The molecular weight excluding hydrogens is 196 g/mol. The maximum Gasteiger partial charge on any atom is 0.214 e. The summed E-state index contributed by atoms with van der Waals surface area (Å²) >= 11 is 0.00382. The molecule has 0 aliphatic rings. The van der Waals surface area contributed by atoms with E-state index in [1.54, 1.807) is 12.1 Å². The largest absolute Gasteiger partial charge is 0.214 e. The van der Waals surface area contributed by atoms with Crippen LogP contribution < -0.4 is 0 Å². The highest BCUT2D eigenvalue weighted by Crippen LogP contribution is 2.18. The average molecular weight is 203 g/mol. The van der Waals surface area contributed by atoms with Crippen LogP contribution in [0.4, 0.5) is 0 Å². The lowest BCUT2D eigenvalue weighted by molar-refractivity contribution is 0.442. The fraction of sp³-hybridized carbons (Fsp3) is 0. The molecule has 0 aliphatic carbocycles. The molecule has 2 rings (SSSR count). The van der Waals surface area contributed by atoms with E-state index in [1.165, 1.54) is 0 Å². The Hall–Kier alpha value is -1.45. The van der Waals surface area contributed by atoms with Gasteiger partial charge in [0, 0.05) is 5.56 Å². The Bertz CT molecular complexity index is 522. The van der Waals surface area contributed by atoms with Crippen molar-refractivity contribution in [2.45, 2.75) is 0 Å². The molecule has 2 nitrogen and oxygen atoms in total. The second-order valence-corrected chi connectivity index (χ2v) is 3.43. The molecule has 0 bridgehead atoms. The van der Waals surface area contributed by atoms with E-state index in [1.807, 2.05) is 30.3 Å². The first-order valence-electron chi connectivity index (χ1n) is 4.15. The van der Waals surface area contributed by atoms with Crippen LogP contribution in [0.3, 0.4) is 0 Å². The molecule has 0 spiro atoms. The first-order valence-corrected chi connectivity index (χ1v) is 4.89. The van der Waals surface area contributed by atoms with Crippen molar-refractivity contribution < 1.29 is 9.32 Å². The summed E-state index contributed by atoms with van der Waals surface area (Å²) in [7, 11) is 0. The lowest BCUT2D eigenvalue weighted by Gasteiger charge is -2.01. The second kappa shape index (κ2) is 3.74. The van der Waals surface area contributed by atoms with Crippen LogP contribution in [0.15, 0.2) is 42.5 Å². The van der Waals surface area contributed by atoms with E-state index in [0.717, 1.165) is 10.8 Å². The van der Waals surface area contributed by atoms with Gasteiger partial charge >= 0.3 is 0 Å². The lowest BCUT2D eigenvalue weighted by atomic mass is 10.1. The Morgan fingerprint density at radius 3 is 2.50 bits per heavy atom. The van der Waals surface area contributed by atoms with E-state index in [4.69, 9.17) is 0 Å². The van der Waals surface area contributed by atoms with Crippen molar-refractivity contribution in [1.29, 1.82) is 0 Å². The normalized spacial score (nSPS) is 10.1. The van der Waals surface area contributed by atoms with E-state index < -0.39 is 5.05 Å². The van der Waals surface area contributed by atoms with Crippen molar-refractivity contribution in [3.63, 3.8) is 0 Å². The van der Waals surface area contributed by atoms with Gasteiger partial charge in [-0.15, -0.1) is 0 Å². The molecule has 3 heteroatoms. The average Bonchev–Trinajstić information content (AvgIpc) is 2.27. The third-order valence-corrected chi connectivity index (χ3v) is 2.46. The summed E-state index contributed by atoms with van der Waals surface area (Å²) in [5.41, 5.74) is 0.489. The molecule has 1 radical (unpaired) electrons. The Kier molecular flexibility index (Phi) is 2.43. The summed E-state index contributed by atoms with van der Waals surface area (Å²) in [5.74, 6) is 0. The predicted octanol–water partition coefficient (Wildman–Crippen LogP) is 1.96. The Balaban J connectivity index is 2.84. The number of hydrogen-bond acceptors (Lipinski definition) is 1. The highest BCUT2D eigenvalue weighted by molar-refractivity contribution is 7.66. The van der Waals surface area contributed by atoms with Gasteiger partial charge < -0.3 is 0 Å². The van der Waals surface area contributed by atoms with Gasteiger partial charge in [-0.25, -0.2) is 4.21 Å². The highest BCUT2D eigenvalue weighted by atomic mass is 32.1. The zero-order valence-electron chi connectivity index (χ0n) is 7.27. The molecule has 0 N–H and O–H groups in total. The zero-order valence-corrected chi connectivity index (χ0v) is 8.08. The fourth-order valence-electron chi connectivity index (χ4n) is 1.45. The van der Waals surface area contributed by atoms with E-state index in [9.17, 15) is 9.32 Å². The van der Waals surface area contributed by atoms with Crippen LogP contribution in [0.5, 0.6) is 0 Å². The van der Waals surface area contributed by atoms with Crippen molar-refractivity contribution in [2.75, 3.05) is 0 Å². The fourth-order valence-corrected chi connectivity index (χ4v) is 1.72. The Morgan fingerprint density at radius 1 is 1.00 bits per heavy atom. The molecule has 0 atom stereocenters. The summed E-state index contributed by atoms with van der Waals surface area (Å²) in [6, 6.07) is 12.9. The first-order chi connectivity index (χ1) is 6.83. The Labute approximate surface area is 84.9 Å². The van der Waals surface area contributed by atoms with Gasteiger partial charge in [0.2, 0.25) is 5.05 Å². The number of benzene rings is 2. The molecule has 0 saturated carbocycles. The molecule has 0 amide bonds. The summed E-state index contributed by atoms with van der Waals surface area (Å²) in [6.45, 7) is 0. The van der Waals surface area contributed by atoms with Crippen LogP contribution >= 0.6 is 0 Å². The van der Waals surface area contributed by atoms with Crippen LogP contribution in [0, 0.1) is 0 Å². The van der Waals surface area contributed by atoms with Crippen LogP contribution in [-0.4, -0.2) is 9.26 Å². The van der Waals surface area contributed by atoms with E-state index >= 15 is 0 Å². The van der Waals surface area contributed by atoms with Gasteiger partial charge in [-0.3, -0.25) is 0 Å². The van der Waals surface area contributed by atoms with Crippen molar-refractivity contribution >= 4 is 27.1 Å². The first kappa shape index (κ1) is 9.12. The molecule has 0 fully saturated rings. The van der Waals surface area contributed by atoms with Gasteiger partial charge in [-0.2, -0.15) is 5.11 Å². The molecule has 69 valence electrons. The molecule has 0 saturated heterocycles. The van der Waals surface area contributed by atoms with Gasteiger partial charge in [0.05, 0.1) is 0 Å². The number of hydrogen-bond donors (Lipinski definition) is 0. The second-order valence-electron chi connectivity index (χ2n) is 2.90. The zero-order chi connectivity index (χ0) is 9.97. The van der Waals surface area contributed by atoms with Crippen LogP contribution in [-0.2, 0) is 16.4 Å². The Morgan fingerprint density at radius 2 is 1.71 bits per heavy atom. The molecule has 14 heavy (non-hydrogen) atoms. The summed E-state index contributed by atoms with van der Waals surface area (Å²) in [6.07, 6.45) is 0. The minimum absolute atomic E-state index is 0.00382. The van der Waals surface area contributed by atoms with Gasteiger partial charge in [0.1, 0.15) is 11.3 Å². The molecule has 0 heterocycles. The van der Waals surface area contributed by atoms with Crippen molar-refractivity contribution in [1.82, 2.24) is 0 Å². The van der Waals surface area contributed by atoms with E-state index in [2.05, 4.69) is 0 Å². The maximum absolute atomic E-state index is 11.3. The monoisotopic (exact) mass is 203 g/mol. The van der Waals surface area contributed by atoms with E-state index in [-0.39, 0.29) is 11.3 Å². The SMILES string of the molecule is [O]C(=S=O)c1cccc2ccccc12. The molecule has 0 aliphatic heterocycles. The molecule has 2 aromatic carbocycles. The standard InChI is InChI=1S/C11H7O2S/c12-11(14-13)10-7-3-5-8-4-1-2-6-9(8)10/h1-7H. The van der Waals surface area contributed by atoms with Crippen LogP contribution in [0.2, 0.25) is 0 Å². The molecule has 2 aromatic rings. The third-order valence-electron chi connectivity index (χ3n) is 2.09. The van der Waals surface area contributed by atoms with Gasteiger partial charge in [-0.1, -0.05) is 42.5 Å². The third kappa shape index (κ3) is 1.47. The van der Waals surface area contributed by atoms with Gasteiger partial charge in [0.25, 0.3) is 0 Å². The topological polar surface area (TPSA) is 37.0 Å². The molecule has 0 unspecified atom stereocenters. The van der Waals surface area contributed by atoms with E-state index in [0.29, 0.717) is 5.56 Å². The maximum atomic E-state index is 11.3. The van der Waals surface area contributed by atoms with Crippen molar-refractivity contribution in [2.24, 2.45) is 0 Å². The smallest absolute Gasteiger partial charge is 0.209 e. The van der Waals surface area contributed by atoms with Crippen molar-refractivity contribution in [3.05, 3.63) is 48.0 Å². The number of rotatable bonds is 1. The predicted molar refractivity (Wildman–Crippen MR) is 56.9 cm³/mol.